The minimum atomic E-state index is -0.339. The molecule has 2 N–H and O–H groups in total. The molecule has 8 heteroatoms. The fourth-order valence-corrected chi connectivity index (χ4v) is 2.82. The van der Waals surface area contributed by atoms with Gasteiger partial charge in [0, 0.05) is 18.0 Å². The molecule has 0 radical (unpaired) electrons. The molecule has 1 aromatic carbocycles. The molecule has 0 bridgehead atoms. The van der Waals surface area contributed by atoms with Crippen molar-refractivity contribution in [3.8, 4) is 11.5 Å². The molecule has 2 amide bonds. The number of aromatic nitrogens is 3. The van der Waals surface area contributed by atoms with Gasteiger partial charge in [-0.1, -0.05) is 19.9 Å². The van der Waals surface area contributed by atoms with E-state index in [0.717, 1.165) is 5.65 Å². The summed E-state index contributed by atoms with van der Waals surface area (Å²) in [6, 6.07) is 10.2. The summed E-state index contributed by atoms with van der Waals surface area (Å²) in [5, 5.41) is 14.2. The summed E-state index contributed by atoms with van der Waals surface area (Å²) in [5.41, 5.74) is 1.33. The zero-order valence-corrected chi connectivity index (χ0v) is 15.8. The molecule has 8 nitrogen and oxygen atoms in total. The Hall–Kier alpha value is -3.29. The van der Waals surface area contributed by atoms with Gasteiger partial charge in [0.05, 0.1) is 20.3 Å². The molecule has 0 saturated carbocycles. The second-order valence-corrected chi connectivity index (χ2v) is 6.38. The Morgan fingerprint density at radius 1 is 1.07 bits per heavy atom. The first-order chi connectivity index (χ1) is 13.0. The van der Waals surface area contributed by atoms with Crippen LogP contribution < -0.4 is 20.1 Å². The number of rotatable bonds is 6. The smallest absolute Gasteiger partial charge is 0.319 e. The van der Waals surface area contributed by atoms with E-state index in [1.807, 2.05) is 42.6 Å². The van der Waals surface area contributed by atoms with E-state index in [2.05, 4.69) is 20.8 Å². The maximum Gasteiger partial charge on any atom is 0.319 e. The van der Waals surface area contributed by atoms with Crippen LogP contribution in [-0.4, -0.2) is 34.8 Å². The normalized spacial score (nSPS) is 12.0. The standard InChI is InChI=1S/C19H23N5O3/c1-12(2)17(18-23-22-16-7-5-6-10-24(16)18)21-19(25)20-13-8-9-14(26-3)15(11-13)27-4/h5-12,17H,1-4H3,(H2,20,21,25). The molecule has 3 rings (SSSR count). The quantitative estimate of drug-likeness (QED) is 0.696. The number of nitrogens with one attached hydrogen (secondary N) is 2. The number of benzene rings is 1. The number of carbonyl (C=O) groups is 1. The molecule has 1 unspecified atom stereocenters. The Bertz CT molecular complexity index is 938. The van der Waals surface area contributed by atoms with Crippen molar-refractivity contribution in [3.05, 3.63) is 48.4 Å². The van der Waals surface area contributed by atoms with Crippen molar-refractivity contribution in [2.45, 2.75) is 19.9 Å². The van der Waals surface area contributed by atoms with Crippen LogP contribution in [0.3, 0.4) is 0 Å². The topological polar surface area (TPSA) is 89.8 Å². The van der Waals surface area contributed by atoms with Crippen LogP contribution >= 0.6 is 0 Å². The zero-order chi connectivity index (χ0) is 19.4. The first kappa shape index (κ1) is 18.5. The summed E-state index contributed by atoms with van der Waals surface area (Å²) in [5.74, 6) is 1.94. The molecular formula is C19H23N5O3. The second kappa shape index (κ2) is 7.94. The number of ether oxygens (including phenoxy) is 2. The van der Waals surface area contributed by atoms with E-state index in [9.17, 15) is 4.79 Å². The molecular weight excluding hydrogens is 346 g/mol. The second-order valence-electron chi connectivity index (χ2n) is 6.38. The van der Waals surface area contributed by atoms with Crippen molar-refractivity contribution in [2.24, 2.45) is 5.92 Å². The molecule has 2 aromatic heterocycles. The van der Waals surface area contributed by atoms with Crippen molar-refractivity contribution in [1.82, 2.24) is 19.9 Å². The fraction of sp³-hybridized carbons (Fsp3) is 0.316. The third-order valence-corrected chi connectivity index (χ3v) is 4.21. The number of methoxy groups -OCH3 is 2. The Morgan fingerprint density at radius 2 is 1.85 bits per heavy atom. The van der Waals surface area contributed by atoms with E-state index in [0.29, 0.717) is 23.0 Å². The van der Waals surface area contributed by atoms with Crippen LogP contribution in [0.25, 0.3) is 5.65 Å². The average Bonchev–Trinajstić information content (AvgIpc) is 3.09. The highest BCUT2D eigenvalue weighted by molar-refractivity contribution is 5.90. The molecule has 3 aromatic rings. The van der Waals surface area contributed by atoms with Crippen LogP contribution in [0.2, 0.25) is 0 Å². The first-order valence-electron chi connectivity index (χ1n) is 8.62. The Kier molecular flexibility index (Phi) is 5.44. The monoisotopic (exact) mass is 369 g/mol. The molecule has 0 aliphatic carbocycles. The molecule has 142 valence electrons. The van der Waals surface area contributed by atoms with Crippen LogP contribution in [0.15, 0.2) is 42.6 Å². The minimum absolute atomic E-state index is 0.119. The number of hydrogen-bond donors (Lipinski definition) is 2. The summed E-state index contributed by atoms with van der Waals surface area (Å²) < 4.78 is 12.4. The van der Waals surface area contributed by atoms with Gasteiger partial charge < -0.3 is 20.1 Å². The van der Waals surface area contributed by atoms with E-state index in [1.54, 1.807) is 32.4 Å². The summed E-state index contributed by atoms with van der Waals surface area (Å²) in [6.07, 6.45) is 1.88. The maximum atomic E-state index is 12.6. The highest BCUT2D eigenvalue weighted by atomic mass is 16.5. The van der Waals surface area contributed by atoms with Crippen LogP contribution in [0.1, 0.15) is 25.7 Å². The molecule has 27 heavy (non-hydrogen) atoms. The maximum absolute atomic E-state index is 12.6. The van der Waals surface area contributed by atoms with Gasteiger partial charge in [0.15, 0.2) is 23.0 Å². The molecule has 0 fully saturated rings. The van der Waals surface area contributed by atoms with Crippen molar-refractivity contribution < 1.29 is 14.3 Å². The van der Waals surface area contributed by atoms with Gasteiger partial charge >= 0.3 is 6.03 Å². The predicted octanol–water partition coefficient (Wildman–Crippen LogP) is 3.27. The Balaban J connectivity index is 1.78. The number of amides is 2. The van der Waals surface area contributed by atoms with E-state index in [1.165, 1.54) is 0 Å². The number of urea groups is 1. The van der Waals surface area contributed by atoms with Gasteiger partial charge in [-0.3, -0.25) is 4.40 Å². The number of pyridine rings is 1. The van der Waals surface area contributed by atoms with E-state index in [4.69, 9.17) is 9.47 Å². The van der Waals surface area contributed by atoms with Gasteiger partial charge in [0.2, 0.25) is 0 Å². The lowest BCUT2D eigenvalue weighted by Crippen LogP contribution is -2.36. The van der Waals surface area contributed by atoms with Gasteiger partial charge in [0.1, 0.15) is 0 Å². The van der Waals surface area contributed by atoms with Crippen molar-refractivity contribution in [3.63, 3.8) is 0 Å². The largest absolute Gasteiger partial charge is 0.493 e. The van der Waals surface area contributed by atoms with E-state index < -0.39 is 0 Å². The van der Waals surface area contributed by atoms with Crippen LogP contribution in [0.5, 0.6) is 11.5 Å². The number of anilines is 1. The summed E-state index contributed by atoms with van der Waals surface area (Å²) in [4.78, 5) is 12.6. The Labute approximate surface area is 157 Å². The molecule has 1 atom stereocenters. The van der Waals surface area contributed by atoms with E-state index in [-0.39, 0.29) is 18.0 Å². The van der Waals surface area contributed by atoms with Crippen molar-refractivity contribution in [2.75, 3.05) is 19.5 Å². The minimum Gasteiger partial charge on any atom is -0.493 e. The first-order valence-corrected chi connectivity index (χ1v) is 8.62. The van der Waals surface area contributed by atoms with Gasteiger partial charge in [0.25, 0.3) is 0 Å². The number of fused-ring (bicyclic) bond motifs is 1. The molecule has 0 aliphatic heterocycles. The van der Waals surface area contributed by atoms with E-state index >= 15 is 0 Å². The summed E-state index contributed by atoms with van der Waals surface area (Å²) in [7, 11) is 3.11. The van der Waals surface area contributed by atoms with Crippen LogP contribution in [-0.2, 0) is 0 Å². The molecule has 0 aliphatic rings. The molecule has 2 heterocycles. The van der Waals surface area contributed by atoms with Crippen LogP contribution in [0, 0.1) is 5.92 Å². The predicted molar refractivity (Wildman–Crippen MR) is 102 cm³/mol. The number of carbonyl (C=O) groups excluding carboxylic acids is 1. The lowest BCUT2D eigenvalue weighted by Gasteiger charge is -2.21. The van der Waals surface area contributed by atoms with Crippen LogP contribution in [0.4, 0.5) is 10.5 Å². The zero-order valence-electron chi connectivity index (χ0n) is 15.8. The number of nitrogens with zero attached hydrogens (tertiary/aromatic N) is 3. The lowest BCUT2D eigenvalue weighted by molar-refractivity contribution is 0.243. The van der Waals surface area contributed by atoms with Crippen molar-refractivity contribution >= 4 is 17.4 Å². The number of hydrogen-bond acceptors (Lipinski definition) is 5. The van der Waals surface area contributed by atoms with Gasteiger partial charge in [-0.25, -0.2) is 4.79 Å². The van der Waals surface area contributed by atoms with Gasteiger partial charge in [-0.2, -0.15) is 0 Å². The van der Waals surface area contributed by atoms with Crippen molar-refractivity contribution in [1.29, 1.82) is 0 Å². The Morgan fingerprint density at radius 3 is 2.56 bits per heavy atom. The summed E-state index contributed by atoms with van der Waals surface area (Å²) >= 11 is 0. The molecule has 0 spiro atoms. The average molecular weight is 369 g/mol. The highest BCUT2D eigenvalue weighted by Crippen LogP contribution is 2.30. The molecule has 0 saturated heterocycles. The lowest BCUT2D eigenvalue weighted by atomic mass is 10.0. The van der Waals surface area contributed by atoms with Gasteiger partial charge in [-0.05, 0) is 30.2 Å². The SMILES string of the molecule is COc1ccc(NC(=O)NC(c2nnc3ccccn23)C(C)C)cc1OC. The highest BCUT2D eigenvalue weighted by Gasteiger charge is 2.23. The fourth-order valence-electron chi connectivity index (χ4n) is 2.82. The summed E-state index contributed by atoms with van der Waals surface area (Å²) in [6.45, 7) is 4.04. The van der Waals surface area contributed by atoms with Gasteiger partial charge in [-0.15, -0.1) is 10.2 Å². The third-order valence-electron chi connectivity index (χ3n) is 4.21. The third kappa shape index (κ3) is 3.94.